The summed E-state index contributed by atoms with van der Waals surface area (Å²) in [7, 11) is -0.669. The Bertz CT molecular complexity index is 854. The van der Waals surface area contributed by atoms with Gasteiger partial charge in [-0.2, -0.15) is 4.31 Å². The minimum absolute atomic E-state index is 0.00305. The molecule has 1 heterocycles. The smallest absolute Gasteiger partial charge is 0.283 e. The number of amides is 1. The molecule has 0 radical (unpaired) electrons. The minimum Gasteiger partial charge on any atom is -0.365 e. The van der Waals surface area contributed by atoms with Gasteiger partial charge in [-0.25, -0.2) is 8.42 Å². The van der Waals surface area contributed by atoms with E-state index in [2.05, 4.69) is 0 Å². The van der Waals surface area contributed by atoms with Crippen molar-refractivity contribution in [1.29, 1.82) is 0 Å². The molecule has 1 atom stereocenters. The standard InChI is InChI=1S/C18H28N4O7S/c1-20(2)9-10-21(11-13-29-16-8-3-4-12-28-16)30(26,27)15-7-5-6-14(22(24)25)17(15)18(19)23/h5-7,16H,3-4,8-13H2,1-2H3,(H2,19,23). The number of hydrogen-bond donors (Lipinski definition) is 1. The van der Waals surface area contributed by atoms with Gasteiger partial charge in [0.1, 0.15) is 10.5 Å². The number of nitrogens with two attached hydrogens (primary N) is 1. The summed E-state index contributed by atoms with van der Waals surface area (Å²) in [6.45, 7) is 1.18. The lowest BCUT2D eigenvalue weighted by Crippen LogP contribution is -2.40. The number of benzene rings is 1. The third-order valence-corrected chi connectivity index (χ3v) is 6.59. The van der Waals surface area contributed by atoms with Crippen LogP contribution >= 0.6 is 0 Å². The molecule has 0 spiro atoms. The third kappa shape index (κ3) is 6.19. The fourth-order valence-corrected chi connectivity index (χ4v) is 4.69. The molecule has 11 nitrogen and oxygen atoms in total. The van der Waals surface area contributed by atoms with Gasteiger partial charge in [0.25, 0.3) is 11.6 Å². The fourth-order valence-electron chi connectivity index (χ4n) is 3.07. The summed E-state index contributed by atoms with van der Waals surface area (Å²) in [5.74, 6) is -1.18. The molecule has 1 amide bonds. The summed E-state index contributed by atoms with van der Waals surface area (Å²) < 4.78 is 38.9. The van der Waals surface area contributed by atoms with Gasteiger partial charge in [-0.15, -0.1) is 0 Å². The van der Waals surface area contributed by atoms with E-state index in [9.17, 15) is 23.3 Å². The van der Waals surface area contributed by atoms with Crippen LogP contribution in [0.4, 0.5) is 5.69 Å². The van der Waals surface area contributed by atoms with Crippen LogP contribution in [0, 0.1) is 10.1 Å². The Morgan fingerprint density at radius 1 is 1.30 bits per heavy atom. The van der Waals surface area contributed by atoms with Crippen LogP contribution < -0.4 is 5.73 Å². The molecule has 1 fully saturated rings. The van der Waals surface area contributed by atoms with Crippen LogP contribution in [0.2, 0.25) is 0 Å². The van der Waals surface area contributed by atoms with Crippen molar-refractivity contribution < 1.29 is 27.6 Å². The maximum Gasteiger partial charge on any atom is 0.283 e. The Balaban J connectivity index is 2.30. The van der Waals surface area contributed by atoms with E-state index in [1.165, 1.54) is 6.07 Å². The van der Waals surface area contributed by atoms with Crippen molar-refractivity contribution >= 4 is 21.6 Å². The SMILES string of the molecule is CN(C)CCN(CCOC1CCCCO1)S(=O)(=O)c1cccc([N+](=O)[O-])c1C(N)=O. The van der Waals surface area contributed by atoms with Crippen molar-refractivity contribution in [1.82, 2.24) is 9.21 Å². The van der Waals surface area contributed by atoms with Gasteiger partial charge >= 0.3 is 0 Å². The highest BCUT2D eigenvalue weighted by Gasteiger charge is 2.33. The Hall–Kier alpha value is -2.12. The summed E-state index contributed by atoms with van der Waals surface area (Å²) in [6.07, 6.45) is 2.30. The first kappa shape index (κ1) is 24.2. The van der Waals surface area contributed by atoms with Crippen LogP contribution in [-0.4, -0.2) is 81.7 Å². The van der Waals surface area contributed by atoms with Gasteiger partial charge in [0.15, 0.2) is 6.29 Å². The lowest BCUT2D eigenvalue weighted by Gasteiger charge is -2.27. The quantitative estimate of drug-likeness (QED) is 0.389. The third-order valence-electron chi connectivity index (χ3n) is 4.64. The minimum atomic E-state index is -4.25. The van der Waals surface area contributed by atoms with Crippen molar-refractivity contribution in [2.24, 2.45) is 5.73 Å². The van der Waals surface area contributed by atoms with Crippen molar-refractivity contribution in [3.05, 3.63) is 33.9 Å². The molecular formula is C18H28N4O7S. The van der Waals surface area contributed by atoms with Gasteiger partial charge in [0, 0.05) is 32.3 Å². The Morgan fingerprint density at radius 2 is 2.03 bits per heavy atom. The highest BCUT2D eigenvalue weighted by Crippen LogP contribution is 2.28. The summed E-state index contributed by atoms with van der Waals surface area (Å²) >= 11 is 0. The number of sulfonamides is 1. The summed E-state index contributed by atoms with van der Waals surface area (Å²) in [4.78, 5) is 23.7. The second-order valence-electron chi connectivity index (χ2n) is 7.15. The molecule has 168 valence electrons. The molecule has 12 heteroatoms. The number of carbonyl (C=O) groups is 1. The van der Waals surface area contributed by atoms with E-state index < -0.39 is 37.0 Å². The number of nitrogens with zero attached hydrogens (tertiary/aromatic N) is 3. The molecule has 0 saturated carbocycles. The molecular weight excluding hydrogens is 416 g/mol. The van der Waals surface area contributed by atoms with E-state index in [0.717, 1.165) is 35.7 Å². The molecule has 1 aliphatic rings. The van der Waals surface area contributed by atoms with Gasteiger partial charge < -0.3 is 20.1 Å². The van der Waals surface area contributed by atoms with Crippen LogP contribution in [0.1, 0.15) is 29.6 Å². The van der Waals surface area contributed by atoms with Crippen LogP contribution in [0.3, 0.4) is 0 Å². The number of hydrogen-bond acceptors (Lipinski definition) is 8. The molecule has 1 saturated heterocycles. The van der Waals surface area contributed by atoms with E-state index in [1.54, 1.807) is 19.0 Å². The molecule has 30 heavy (non-hydrogen) atoms. The Kier molecular flexibility index (Phi) is 8.67. The van der Waals surface area contributed by atoms with Gasteiger partial charge in [0.05, 0.1) is 11.5 Å². The Morgan fingerprint density at radius 3 is 2.60 bits per heavy atom. The van der Waals surface area contributed by atoms with Gasteiger partial charge in [-0.3, -0.25) is 14.9 Å². The lowest BCUT2D eigenvalue weighted by atomic mass is 10.2. The average molecular weight is 445 g/mol. The molecule has 0 bridgehead atoms. The van der Waals surface area contributed by atoms with Crippen molar-refractivity contribution in [3.63, 3.8) is 0 Å². The van der Waals surface area contributed by atoms with Crippen molar-refractivity contribution in [2.75, 3.05) is 46.9 Å². The normalized spacial score (nSPS) is 17.4. The molecule has 0 aliphatic carbocycles. The summed E-state index contributed by atoms with van der Waals surface area (Å²) in [5, 5.41) is 11.3. The van der Waals surface area contributed by atoms with Crippen LogP contribution in [-0.2, 0) is 19.5 Å². The predicted molar refractivity (Wildman–Crippen MR) is 108 cm³/mol. The van der Waals surface area contributed by atoms with E-state index in [0.29, 0.717) is 13.2 Å². The number of ether oxygens (including phenoxy) is 2. The molecule has 0 aromatic heterocycles. The molecule has 1 aromatic carbocycles. The summed E-state index contributed by atoms with van der Waals surface area (Å²) in [6, 6.07) is 3.41. The number of rotatable bonds is 11. The van der Waals surface area contributed by atoms with E-state index in [1.807, 2.05) is 0 Å². The van der Waals surface area contributed by atoms with E-state index in [-0.39, 0.29) is 26.0 Å². The first-order chi connectivity index (χ1) is 14.1. The first-order valence-electron chi connectivity index (χ1n) is 9.60. The zero-order chi connectivity index (χ0) is 22.3. The average Bonchev–Trinajstić information content (AvgIpc) is 2.70. The first-order valence-corrected chi connectivity index (χ1v) is 11.0. The number of nitro groups is 1. The number of carbonyl (C=O) groups excluding carboxylic acids is 1. The van der Waals surface area contributed by atoms with Crippen molar-refractivity contribution in [3.8, 4) is 0 Å². The van der Waals surface area contributed by atoms with E-state index >= 15 is 0 Å². The maximum absolute atomic E-state index is 13.3. The maximum atomic E-state index is 13.3. The fraction of sp³-hybridized carbons (Fsp3) is 0.611. The molecule has 1 unspecified atom stereocenters. The molecule has 1 aromatic rings. The zero-order valence-corrected chi connectivity index (χ0v) is 18.0. The topological polar surface area (TPSA) is 145 Å². The van der Waals surface area contributed by atoms with E-state index in [4.69, 9.17) is 15.2 Å². The molecule has 2 N–H and O–H groups in total. The number of primary amides is 1. The molecule has 1 aliphatic heterocycles. The van der Waals surface area contributed by atoms with Gasteiger partial charge in [0.2, 0.25) is 10.0 Å². The second-order valence-corrected chi connectivity index (χ2v) is 9.05. The largest absolute Gasteiger partial charge is 0.365 e. The predicted octanol–water partition coefficient (Wildman–Crippen LogP) is 0.789. The molecule has 2 rings (SSSR count). The zero-order valence-electron chi connectivity index (χ0n) is 17.2. The van der Waals surface area contributed by atoms with Crippen molar-refractivity contribution in [2.45, 2.75) is 30.4 Å². The monoisotopic (exact) mass is 444 g/mol. The number of likely N-dealkylation sites (N-methyl/N-ethyl adjacent to an activating group) is 1. The Labute approximate surface area is 175 Å². The second kappa shape index (κ2) is 10.8. The highest BCUT2D eigenvalue weighted by atomic mass is 32.2. The number of nitro benzene ring substituents is 1. The summed E-state index contributed by atoms with van der Waals surface area (Å²) in [5.41, 5.74) is 4.01. The van der Waals surface area contributed by atoms with Crippen LogP contribution in [0.25, 0.3) is 0 Å². The van der Waals surface area contributed by atoms with Gasteiger partial charge in [-0.05, 0) is 39.4 Å². The van der Waals surface area contributed by atoms with Crippen LogP contribution in [0.15, 0.2) is 23.1 Å². The highest BCUT2D eigenvalue weighted by molar-refractivity contribution is 7.89. The van der Waals surface area contributed by atoms with Gasteiger partial charge in [-0.1, -0.05) is 6.07 Å². The lowest BCUT2D eigenvalue weighted by molar-refractivity contribution is -0.385. The van der Waals surface area contributed by atoms with Crippen LogP contribution in [0.5, 0.6) is 0 Å².